The number of hydrogen-bond donors (Lipinski definition) is 1. The van der Waals surface area contributed by atoms with E-state index >= 15 is 0 Å². The lowest BCUT2D eigenvalue weighted by molar-refractivity contribution is -0.132. The highest BCUT2D eigenvalue weighted by atomic mass is 16.5. The van der Waals surface area contributed by atoms with Crippen LogP contribution in [-0.2, 0) is 19.1 Å². The maximum atomic E-state index is 12.0. The molecule has 1 fully saturated rings. The molecule has 1 aromatic carbocycles. The molecular formula is C21H24O6. The summed E-state index contributed by atoms with van der Waals surface area (Å²) in [7, 11) is 2.95. The Morgan fingerprint density at radius 3 is 2.67 bits per heavy atom. The molecule has 0 aromatic heterocycles. The number of ketones is 3. The van der Waals surface area contributed by atoms with Crippen LogP contribution < -0.4 is 4.74 Å². The molecular weight excluding hydrogens is 348 g/mol. The minimum atomic E-state index is -0.407. The van der Waals surface area contributed by atoms with E-state index in [1.165, 1.54) is 32.4 Å². The number of hydrogen-bond acceptors (Lipinski definition) is 6. The van der Waals surface area contributed by atoms with Gasteiger partial charge in [0.15, 0.2) is 28.8 Å². The Labute approximate surface area is 158 Å². The third kappa shape index (κ3) is 6.18. The van der Waals surface area contributed by atoms with Crippen molar-refractivity contribution < 1.29 is 29.0 Å². The molecule has 0 aliphatic heterocycles. The third-order valence-electron chi connectivity index (χ3n) is 4.49. The van der Waals surface area contributed by atoms with Crippen LogP contribution in [0.25, 0.3) is 6.08 Å². The maximum Gasteiger partial charge on any atom is 0.163 e. The smallest absolute Gasteiger partial charge is 0.163 e. The molecule has 0 saturated heterocycles. The van der Waals surface area contributed by atoms with Crippen LogP contribution in [0.4, 0.5) is 0 Å². The van der Waals surface area contributed by atoms with Gasteiger partial charge in [0.2, 0.25) is 0 Å². The van der Waals surface area contributed by atoms with Crippen molar-refractivity contribution in [3.63, 3.8) is 0 Å². The van der Waals surface area contributed by atoms with Crippen LogP contribution in [0.1, 0.15) is 31.2 Å². The van der Waals surface area contributed by atoms with Crippen molar-refractivity contribution in [2.45, 2.75) is 31.8 Å². The topological polar surface area (TPSA) is 89.9 Å². The molecule has 0 amide bonds. The van der Waals surface area contributed by atoms with Gasteiger partial charge < -0.3 is 14.6 Å². The van der Waals surface area contributed by atoms with E-state index in [0.29, 0.717) is 30.6 Å². The second-order valence-electron chi connectivity index (χ2n) is 6.46. The predicted molar refractivity (Wildman–Crippen MR) is 101 cm³/mol. The lowest BCUT2D eigenvalue weighted by Crippen LogP contribution is -2.30. The number of methoxy groups -OCH3 is 2. The molecule has 1 N–H and O–H groups in total. The van der Waals surface area contributed by atoms with E-state index in [-0.39, 0.29) is 35.4 Å². The minimum absolute atomic E-state index is 0.0152. The first-order valence-corrected chi connectivity index (χ1v) is 8.77. The van der Waals surface area contributed by atoms with Crippen LogP contribution in [0.5, 0.6) is 11.5 Å². The van der Waals surface area contributed by atoms with Crippen molar-refractivity contribution in [3.8, 4) is 11.5 Å². The number of carbonyl (C=O) groups excluding carboxylic acids is 3. The number of carbonyl (C=O) groups is 3. The summed E-state index contributed by atoms with van der Waals surface area (Å²) < 4.78 is 10.2. The number of ether oxygens (including phenoxy) is 2. The Hall–Kier alpha value is -2.73. The highest BCUT2D eigenvalue weighted by Gasteiger charge is 2.27. The number of rotatable bonds is 8. The molecule has 6 heteroatoms. The van der Waals surface area contributed by atoms with Crippen molar-refractivity contribution in [1.82, 2.24) is 0 Å². The lowest BCUT2D eigenvalue weighted by Gasteiger charge is -2.24. The summed E-state index contributed by atoms with van der Waals surface area (Å²) in [5, 5.41) is 9.55. The Morgan fingerprint density at radius 1 is 1.22 bits per heavy atom. The van der Waals surface area contributed by atoms with Gasteiger partial charge in [0.1, 0.15) is 6.10 Å². The normalized spacial score (nSPS) is 20.3. The van der Waals surface area contributed by atoms with Gasteiger partial charge in [-0.25, -0.2) is 0 Å². The summed E-state index contributed by atoms with van der Waals surface area (Å²) in [5.74, 6) is -0.0687. The Morgan fingerprint density at radius 2 is 1.96 bits per heavy atom. The monoisotopic (exact) mass is 372 g/mol. The predicted octanol–water partition coefficient (Wildman–Crippen LogP) is 2.88. The molecule has 0 bridgehead atoms. The Balaban J connectivity index is 1.86. The van der Waals surface area contributed by atoms with Crippen LogP contribution in [0.3, 0.4) is 0 Å². The van der Waals surface area contributed by atoms with Gasteiger partial charge in [-0.15, -0.1) is 0 Å². The van der Waals surface area contributed by atoms with Gasteiger partial charge >= 0.3 is 0 Å². The van der Waals surface area contributed by atoms with E-state index in [0.717, 1.165) is 0 Å². The zero-order valence-electron chi connectivity index (χ0n) is 15.5. The average Bonchev–Trinajstić information content (AvgIpc) is 2.66. The van der Waals surface area contributed by atoms with E-state index in [2.05, 4.69) is 0 Å². The Kier molecular flexibility index (Phi) is 7.49. The minimum Gasteiger partial charge on any atom is -0.504 e. The molecule has 0 radical (unpaired) electrons. The molecule has 1 aliphatic carbocycles. The van der Waals surface area contributed by atoms with E-state index in [1.807, 2.05) is 0 Å². The number of phenolic OH excluding ortho intramolecular Hbond substituents is 1. The zero-order valence-corrected chi connectivity index (χ0v) is 15.5. The quantitative estimate of drug-likeness (QED) is 0.557. The standard InChI is InChI=1S/C21H24O6/c1-26-20-11-14(5-9-18(20)24)3-7-16(22)13-17(23)8-4-15-6-10-19(25)21(12-15)27-2/h3-5,7-9,11,15,21,24H,6,10,12-13H2,1-2H3. The summed E-state index contributed by atoms with van der Waals surface area (Å²) in [6.07, 6.45) is 7.16. The molecule has 2 atom stereocenters. The fourth-order valence-corrected chi connectivity index (χ4v) is 2.94. The molecule has 0 spiro atoms. The van der Waals surface area contributed by atoms with Gasteiger partial charge in [0, 0.05) is 13.5 Å². The molecule has 0 heterocycles. The van der Waals surface area contributed by atoms with Gasteiger partial charge in [-0.3, -0.25) is 14.4 Å². The summed E-state index contributed by atoms with van der Waals surface area (Å²) >= 11 is 0. The molecule has 27 heavy (non-hydrogen) atoms. The first-order valence-electron chi connectivity index (χ1n) is 8.77. The van der Waals surface area contributed by atoms with Crippen molar-refractivity contribution in [3.05, 3.63) is 42.0 Å². The fraction of sp³-hybridized carbons (Fsp3) is 0.381. The van der Waals surface area contributed by atoms with E-state index in [4.69, 9.17) is 9.47 Å². The second-order valence-corrected chi connectivity index (χ2v) is 6.46. The van der Waals surface area contributed by atoms with Gasteiger partial charge in [-0.2, -0.15) is 0 Å². The first kappa shape index (κ1) is 20.6. The third-order valence-corrected chi connectivity index (χ3v) is 4.49. The van der Waals surface area contributed by atoms with E-state index in [1.54, 1.807) is 24.3 Å². The SMILES string of the molecule is COc1cc(C=CC(=O)CC(=O)C=CC2CCC(=O)C(OC)C2)ccc1O. The van der Waals surface area contributed by atoms with Crippen molar-refractivity contribution in [2.75, 3.05) is 14.2 Å². The van der Waals surface area contributed by atoms with E-state index < -0.39 is 6.10 Å². The molecule has 144 valence electrons. The summed E-state index contributed by atoms with van der Waals surface area (Å²) in [5.41, 5.74) is 0.679. The number of aromatic hydroxyl groups is 1. The highest BCUT2D eigenvalue weighted by Crippen LogP contribution is 2.27. The van der Waals surface area contributed by atoms with E-state index in [9.17, 15) is 19.5 Å². The largest absolute Gasteiger partial charge is 0.504 e. The second kappa shape index (κ2) is 9.83. The molecule has 2 rings (SSSR count). The average molecular weight is 372 g/mol. The fourth-order valence-electron chi connectivity index (χ4n) is 2.94. The van der Waals surface area contributed by atoms with Crippen LogP contribution in [0.2, 0.25) is 0 Å². The molecule has 1 aromatic rings. The molecule has 2 unspecified atom stereocenters. The molecule has 6 nitrogen and oxygen atoms in total. The van der Waals surface area contributed by atoms with Gasteiger partial charge in [-0.05, 0) is 48.6 Å². The van der Waals surface area contributed by atoms with Gasteiger partial charge in [-0.1, -0.05) is 18.2 Å². The maximum absolute atomic E-state index is 12.0. The summed E-state index contributed by atoms with van der Waals surface area (Å²) in [6, 6.07) is 4.70. The van der Waals surface area contributed by atoms with Gasteiger partial charge in [0.25, 0.3) is 0 Å². The van der Waals surface area contributed by atoms with Crippen molar-refractivity contribution in [1.29, 1.82) is 0 Å². The summed E-state index contributed by atoms with van der Waals surface area (Å²) in [6.45, 7) is 0. The highest BCUT2D eigenvalue weighted by molar-refractivity contribution is 6.09. The van der Waals surface area contributed by atoms with Crippen LogP contribution >= 0.6 is 0 Å². The molecule has 1 saturated carbocycles. The lowest BCUT2D eigenvalue weighted by atomic mass is 9.86. The number of Topliss-reactive ketones (excluding diaryl/α,β-unsaturated/α-hetero) is 1. The molecule has 1 aliphatic rings. The number of benzene rings is 1. The summed E-state index contributed by atoms with van der Waals surface area (Å²) in [4.78, 5) is 35.5. The Bertz CT molecular complexity index is 762. The number of allylic oxidation sites excluding steroid dienone is 3. The van der Waals surface area contributed by atoms with Gasteiger partial charge in [0.05, 0.1) is 13.5 Å². The van der Waals surface area contributed by atoms with Crippen LogP contribution in [0, 0.1) is 5.92 Å². The zero-order chi connectivity index (χ0) is 19.8. The van der Waals surface area contributed by atoms with Crippen LogP contribution in [-0.4, -0.2) is 42.8 Å². The van der Waals surface area contributed by atoms with Crippen LogP contribution in [0.15, 0.2) is 36.4 Å². The number of phenols is 1. The van der Waals surface area contributed by atoms with Crippen molar-refractivity contribution in [2.24, 2.45) is 5.92 Å². The first-order chi connectivity index (χ1) is 12.9. The van der Waals surface area contributed by atoms with Crippen molar-refractivity contribution >= 4 is 23.4 Å².